The van der Waals surface area contributed by atoms with Crippen molar-refractivity contribution in [3.63, 3.8) is 0 Å². The molecule has 0 nitrogen and oxygen atoms in total. The topological polar surface area (TPSA) is 0 Å². The number of unbranched alkanes of at least 4 members (excludes halogenated alkanes) is 1. The SMILES string of the molecule is C/C=C(\C)C1CC[C@H]2C3CCC4C[C@@](C)(CCCC)CCC4[C@H]3CC[C@]12C.CCC.CCC1=C(C)CC=C(C)C=C1. The van der Waals surface area contributed by atoms with E-state index in [0.29, 0.717) is 10.8 Å². The summed E-state index contributed by atoms with van der Waals surface area (Å²) in [6.07, 6.45) is 30.9. The molecule has 0 saturated heterocycles. The van der Waals surface area contributed by atoms with E-state index in [1.165, 1.54) is 68.1 Å². The van der Waals surface area contributed by atoms with E-state index in [9.17, 15) is 0 Å². The number of allylic oxidation sites excluding steroid dienone is 8. The Labute approximate surface area is 258 Å². The van der Waals surface area contributed by atoms with Gasteiger partial charge in [0.25, 0.3) is 0 Å². The smallest absolute Gasteiger partial charge is 0.0130 e. The molecule has 0 spiro atoms. The fraction of sp³-hybridized carbons (Fsp3) is 0.805. The zero-order valence-corrected chi connectivity index (χ0v) is 29.4. The molecule has 4 saturated carbocycles. The Morgan fingerprint density at radius 1 is 0.878 bits per heavy atom. The highest BCUT2D eigenvalue weighted by Gasteiger charge is 2.57. The van der Waals surface area contributed by atoms with Crippen molar-refractivity contribution < 1.29 is 0 Å². The van der Waals surface area contributed by atoms with Crippen molar-refractivity contribution >= 4 is 0 Å². The van der Waals surface area contributed by atoms with Crippen LogP contribution in [0.1, 0.15) is 166 Å². The highest BCUT2D eigenvalue weighted by Crippen LogP contribution is 2.66. The van der Waals surface area contributed by atoms with Gasteiger partial charge in [-0.15, -0.1) is 0 Å². The van der Waals surface area contributed by atoms with E-state index in [2.05, 4.69) is 93.5 Å². The van der Waals surface area contributed by atoms with Crippen LogP contribution in [0.3, 0.4) is 0 Å². The summed E-state index contributed by atoms with van der Waals surface area (Å²) in [5, 5.41) is 0. The maximum Gasteiger partial charge on any atom is -0.0130 e. The van der Waals surface area contributed by atoms with Gasteiger partial charge in [0.1, 0.15) is 0 Å². The molecule has 5 rings (SSSR count). The number of rotatable bonds is 5. The summed E-state index contributed by atoms with van der Waals surface area (Å²) in [4.78, 5) is 0. The third kappa shape index (κ3) is 8.12. The normalized spacial score (nSPS) is 38.3. The molecular formula is C41H70. The van der Waals surface area contributed by atoms with Crippen LogP contribution in [0, 0.1) is 46.3 Å². The first-order chi connectivity index (χ1) is 19.6. The Hall–Kier alpha value is -1.04. The van der Waals surface area contributed by atoms with Crippen LogP contribution in [0.4, 0.5) is 0 Å². The van der Waals surface area contributed by atoms with E-state index in [1.54, 1.807) is 37.7 Å². The van der Waals surface area contributed by atoms with Crippen LogP contribution < -0.4 is 0 Å². The first-order valence-electron chi connectivity index (χ1n) is 18.2. The van der Waals surface area contributed by atoms with Gasteiger partial charge in [0.15, 0.2) is 0 Å². The molecule has 0 aromatic carbocycles. The molecule has 0 bridgehead atoms. The second-order valence-corrected chi connectivity index (χ2v) is 15.7. The molecule has 234 valence electrons. The third-order valence-electron chi connectivity index (χ3n) is 12.7. The zero-order valence-electron chi connectivity index (χ0n) is 29.4. The third-order valence-corrected chi connectivity index (χ3v) is 12.7. The predicted molar refractivity (Wildman–Crippen MR) is 184 cm³/mol. The number of hydrogen-bond acceptors (Lipinski definition) is 0. The van der Waals surface area contributed by atoms with Gasteiger partial charge in [-0.2, -0.15) is 0 Å². The molecule has 0 heteroatoms. The zero-order chi connectivity index (χ0) is 30.2. The van der Waals surface area contributed by atoms with Crippen LogP contribution in [-0.2, 0) is 0 Å². The minimum absolute atomic E-state index is 0.620. The van der Waals surface area contributed by atoms with Crippen LogP contribution in [0.25, 0.3) is 0 Å². The van der Waals surface area contributed by atoms with E-state index >= 15 is 0 Å². The van der Waals surface area contributed by atoms with Gasteiger partial charge >= 0.3 is 0 Å². The van der Waals surface area contributed by atoms with Gasteiger partial charge in [0.05, 0.1) is 0 Å². The second kappa shape index (κ2) is 15.6. The van der Waals surface area contributed by atoms with Crippen molar-refractivity contribution in [3.05, 3.63) is 46.6 Å². The van der Waals surface area contributed by atoms with Gasteiger partial charge < -0.3 is 0 Å². The van der Waals surface area contributed by atoms with E-state index in [-0.39, 0.29) is 0 Å². The van der Waals surface area contributed by atoms with Crippen LogP contribution in [0.2, 0.25) is 0 Å². The molecule has 0 amide bonds. The maximum absolute atomic E-state index is 2.69. The lowest BCUT2D eigenvalue weighted by Gasteiger charge is -2.57. The lowest BCUT2D eigenvalue weighted by molar-refractivity contribution is -0.0760. The summed E-state index contributed by atoms with van der Waals surface area (Å²) >= 11 is 0. The van der Waals surface area contributed by atoms with Crippen molar-refractivity contribution in [3.8, 4) is 0 Å². The lowest BCUT2D eigenvalue weighted by atomic mass is 9.48. The fourth-order valence-corrected chi connectivity index (χ4v) is 10.3. The molecule has 0 heterocycles. The highest BCUT2D eigenvalue weighted by atomic mass is 14.6. The molecule has 0 radical (unpaired) electrons. The van der Waals surface area contributed by atoms with Gasteiger partial charge in [0, 0.05) is 0 Å². The van der Waals surface area contributed by atoms with Gasteiger partial charge in [-0.25, -0.2) is 0 Å². The minimum atomic E-state index is 0.620. The quantitative estimate of drug-likeness (QED) is 0.292. The second-order valence-electron chi connectivity index (χ2n) is 15.7. The van der Waals surface area contributed by atoms with Crippen molar-refractivity contribution in [1.82, 2.24) is 0 Å². The van der Waals surface area contributed by atoms with Gasteiger partial charge in [-0.1, -0.05) is 102 Å². The summed E-state index contributed by atoms with van der Waals surface area (Å²) < 4.78 is 0. The molecule has 4 fully saturated rings. The summed E-state index contributed by atoms with van der Waals surface area (Å²) in [6.45, 7) is 23.2. The van der Waals surface area contributed by atoms with Gasteiger partial charge in [-0.3, -0.25) is 0 Å². The monoisotopic (exact) mass is 563 g/mol. The molecule has 8 atom stereocenters. The van der Waals surface area contributed by atoms with E-state index in [1.807, 2.05) is 0 Å². The van der Waals surface area contributed by atoms with Crippen LogP contribution in [-0.4, -0.2) is 0 Å². The fourth-order valence-electron chi connectivity index (χ4n) is 10.3. The molecule has 41 heavy (non-hydrogen) atoms. The summed E-state index contributed by atoms with van der Waals surface area (Å²) in [6, 6.07) is 0. The summed E-state index contributed by atoms with van der Waals surface area (Å²) in [5.41, 5.74) is 7.38. The molecule has 0 aromatic heterocycles. The Morgan fingerprint density at radius 3 is 2.24 bits per heavy atom. The Kier molecular flexibility index (Phi) is 13.1. The molecule has 5 aliphatic carbocycles. The van der Waals surface area contributed by atoms with Crippen molar-refractivity contribution in [2.24, 2.45) is 46.3 Å². The van der Waals surface area contributed by atoms with Crippen molar-refractivity contribution in [2.75, 3.05) is 0 Å². The first kappa shape index (κ1) is 34.5. The molecule has 0 aromatic rings. The predicted octanol–water partition coefficient (Wildman–Crippen LogP) is 13.5. The average Bonchev–Trinajstić information content (AvgIpc) is 3.23. The molecule has 5 aliphatic rings. The van der Waals surface area contributed by atoms with Crippen LogP contribution >= 0.6 is 0 Å². The molecule has 0 N–H and O–H groups in total. The van der Waals surface area contributed by atoms with Gasteiger partial charge in [0.2, 0.25) is 0 Å². The average molecular weight is 563 g/mol. The summed E-state index contributed by atoms with van der Waals surface area (Å²) in [7, 11) is 0. The van der Waals surface area contributed by atoms with E-state index in [4.69, 9.17) is 0 Å². The Bertz CT molecular complexity index is 941. The minimum Gasteiger partial charge on any atom is -0.0884 e. The van der Waals surface area contributed by atoms with Crippen molar-refractivity contribution in [2.45, 2.75) is 166 Å². The number of fused-ring (bicyclic) bond motifs is 5. The number of hydrogen-bond donors (Lipinski definition) is 0. The highest BCUT2D eigenvalue weighted by molar-refractivity contribution is 5.34. The lowest BCUT2D eigenvalue weighted by Crippen LogP contribution is -2.49. The standard InChI is InChI=1S/C27H46.C11H16.C3H8/c1-6-8-15-26(4)16-13-21-20(18-26)9-10-23-22(21)14-17-27(5)24(19(3)7-2)11-12-25(23)27;1-4-11-8-6-9(2)5-7-10(11)3;1-3-2/h7,20-25H,6,8-18H2,1-5H3;5-6,8H,4,7H2,1-3H3;3H2,1-2H3/b19-7+;;/t20?,21?,22-,23?,24?,25+,26+,27-;;/m1../s1. The maximum atomic E-state index is 2.69. The summed E-state index contributed by atoms with van der Waals surface area (Å²) in [5.74, 6) is 6.23. The largest absolute Gasteiger partial charge is 0.0884 e. The molecule has 0 aliphatic heterocycles. The van der Waals surface area contributed by atoms with Crippen LogP contribution in [0.15, 0.2) is 46.6 Å². The van der Waals surface area contributed by atoms with Crippen molar-refractivity contribution in [1.29, 1.82) is 0 Å². The van der Waals surface area contributed by atoms with Gasteiger partial charge in [-0.05, 0) is 157 Å². The van der Waals surface area contributed by atoms with E-state index < -0.39 is 0 Å². The Morgan fingerprint density at radius 2 is 1.59 bits per heavy atom. The Balaban J connectivity index is 0.000000275. The molecular weight excluding hydrogens is 492 g/mol. The van der Waals surface area contributed by atoms with E-state index in [0.717, 1.165) is 48.3 Å². The molecule has 4 unspecified atom stereocenters. The first-order valence-corrected chi connectivity index (χ1v) is 18.2. The van der Waals surface area contributed by atoms with Crippen LogP contribution in [0.5, 0.6) is 0 Å².